The largest absolute Gasteiger partial charge is 0.466 e. The van der Waals surface area contributed by atoms with Crippen LogP contribution in [-0.4, -0.2) is 26.2 Å². The number of carbonyl (C=O) groups excluding carboxylic acids is 2. The molecule has 0 bridgehead atoms. The molecule has 20 heavy (non-hydrogen) atoms. The SMILES string of the molecule is COC(=O)/C=C(/Nc1c(C)cc(F)cc1Br)C(=O)OC. The molecule has 0 spiro atoms. The van der Waals surface area contributed by atoms with Crippen LogP contribution in [-0.2, 0) is 19.1 Å². The quantitative estimate of drug-likeness (QED) is 0.671. The third-order valence-corrected chi connectivity index (χ3v) is 3.01. The molecule has 7 heteroatoms. The van der Waals surface area contributed by atoms with E-state index in [1.54, 1.807) is 6.92 Å². The lowest BCUT2D eigenvalue weighted by atomic mass is 10.2. The number of nitrogens with one attached hydrogen (secondary N) is 1. The normalized spacial score (nSPS) is 10.9. The summed E-state index contributed by atoms with van der Waals surface area (Å²) in [5.74, 6) is -1.88. The van der Waals surface area contributed by atoms with Crippen LogP contribution in [0.1, 0.15) is 5.56 Å². The van der Waals surface area contributed by atoms with Crippen LogP contribution in [0.15, 0.2) is 28.4 Å². The Morgan fingerprint density at radius 2 is 1.95 bits per heavy atom. The summed E-state index contributed by atoms with van der Waals surface area (Å²) in [6.07, 6.45) is 0.959. The van der Waals surface area contributed by atoms with Crippen molar-refractivity contribution in [2.24, 2.45) is 0 Å². The van der Waals surface area contributed by atoms with Gasteiger partial charge in [-0.15, -0.1) is 0 Å². The standard InChI is InChI=1S/C13H13BrFNO4/c1-7-4-8(15)5-9(14)12(7)16-10(13(18)20-3)6-11(17)19-2/h4-6,16H,1-3H3/b10-6+. The van der Waals surface area contributed by atoms with Crippen molar-refractivity contribution in [2.75, 3.05) is 19.5 Å². The molecule has 5 nitrogen and oxygen atoms in total. The lowest BCUT2D eigenvalue weighted by Crippen LogP contribution is -2.16. The minimum absolute atomic E-state index is 0.116. The van der Waals surface area contributed by atoms with Crippen molar-refractivity contribution in [1.82, 2.24) is 0 Å². The number of anilines is 1. The number of carbonyl (C=O) groups is 2. The van der Waals surface area contributed by atoms with Gasteiger partial charge in [-0.1, -0.05) is 0 Å². The van der Waals surface area contributed by atoms with Gasteiger partial charge in [0, 0.05) is 4.47 Å². The Bertz CT molecular complexity index is 548. The first-order chi connectivity index (χ1) is 9.38. The highest BCUT2D eigenvalue weighted by Crippen LogP contribution is 2.28. The van der Waals surface area contributed by atoms with Crippen molar-refractivity contribution in [3.8, 4) is 0 Å². The van der Waals surface area contributed by atoms with E-state index in [4.69, 9.17) is 0 Å². The van der Waals surface area contributed by atoms with Crippen LogP contribution in [0.25, 0.3) is 0 Å². The number of halogens is 2. The zero-order chi connectivity index (χ0) is 15.3. The predicted octanol–water partition coefficient (Wildman–Crippen LogP) is 2.54. The fraction of sp³-hybridized carbons (Fsp3) is 0.231. The van der Waals surface area contributed by atoms with Gasteiger partial charge < -0.3 is 14.8 Å². The van der Waals surface area contributed by atoms with Gasteiger partial charge in [-0.25, -0.2) is 14.0 Å². The molecule has 1 rings (SSSR count). The highest BCUT2D eigenvalue weighted by atomic mass is 79.9. The topological polar surface area (TPSA) is 64.6 Å². The smallest absolute Gasteiger partial charge is 0.354 e. The van der Waals surface area contributed by atoms with Gasteiger partial charge in [0.15, 0.2) is 0 Å². The van der Waals surface area contributed by atoms with E-state index < -0.39 is 17.8 Å². The van der Waals surface area contributed by atoms with Crippen molar-refractivity contribution in [3.05, 3.63) is 39.8 Å². The molecule has 0 aliphatic heterocycles. The third-order valence-electron chi connectivity index (χ3n) is 2.38. The predicted molar refractivity (Wildman–Crippen MR) is 74.6 cm³/mol. The van der Waals surface area contributed by atoms with Gasteiger partial charge in [0.05, 0.1) is 26.0 Å². The Kier molecular flexibility index (Phi) is 5.69. The first-order valence-electron chi connectivity index (χ1n) is 5.49. The highest BCUT2D eigenvalue weighted by molar-refractivity contribution is 9.10. The number of esters is 2. The fourth-order valence-corrected chi connectivity index (χ4v) is 2.06. The summed E-state index contributed by atoms with van der Waals surface area (Å²) in [6.45, 7) is 1.66. The van der Waals surface area contributed by atoms with Gasteiger partial charge in [0.1, 0.15) is 11.5 Å². The molecular weight excluding hydrogens is 333 g/mol. The Hall–Kier alpha value is -1.89. The molecule has 0 aliphatic carbocycles. The van der Waals surface area contributed by atoms with Crippen LogP contribution in [0.4, 0.5) is 10.1 Å². The molecule has 0 amide bonds. The summed E-state index contributed by atoms with van der Waals surface area (Å²) in [5.41, 5.74) is 0.887. The average Bonchev–Trinajstić information content (AvgIpc) is 2.40. The van der Waals surface area contributed by atoms with E-state index in [9.17, 15) is 14.0 Å². The summed E-state index contributed by atoms with van der Waals surface area (Å²) in [7, 11) is 2.37. The van der Waals surface area contributed by atoms with Crippen LogP contribution in [0.2, 0.25) is 0 Å². The van der Waals surface area contributed by atoms with E-state index in [-0.39, 0.29) is 5.70 Å². The molecule has 0 saturated carbocycles. The molecule has 1 N–H and O–H groups in total. The Morgan fingerprint density at radius 3 is 2.45 bits per heavy atom. The molecule has 0 saturated heterocycles. The second-order valence-corrected chi connectivity index (χ2v) is 4.63. The molecule has 108 valence electrons. The van der Waals surface area contributed by atoms with Gasteiger partial charge in [-0.2, -0.15) is 0 Å². The van der Waals surface area contributed by atoms with E-state index in [0.29, 0.717) is 15.7 Å². The Balaban J connectivity index is 3.17. The van der Waals surface area contributed by atoms with E-state index in [1.165, 1.54) is 26.4 Å². The van der Waals surface area contributed by atoms with Crippen LogP contribution in [0, 0.1) is 12.7 Å². The zero-order valence-corrected chi connectivity index (χ0v) is 12.7. The maximum atomic E-state index is 13.2. The van der Waals surface area contributed by atoms with E-state index in [1.807, 2.05) is 0 Å². The minimum Gasteiger partial charge on any atom is -0.466 e. The van der Waals surface area contributed by atoms with Crippen molar-refractivity contribution in [3.63, 3.8) is 0 Å². The number of hydrogen-bond acceptors (Lipinski definition) is 5. The maximum Gasteiger partial charge on any atom is 0.354 e. The Labute approximate surface area is 123 Å². The lowest BCUT2D eigenvalue weighted by Gasteiger charge is -2.13. The summed E-state index contributed by atoms with van der Waals surface area (Å²) < 4.78 is 22.6. The molecular formula is C13H13BrFNO4. The summed E-state index contributed by atoms with van der Waals surface area (Å²) in [6, 6.07) is 2.53. The molecule has 0 atom stereocenters. The van der Waals surface area contributed by atoms with Gasteiger partial charge in [-0.3, -0.25) is 0 Å². The number of ether oxygens (including phenoxy) is 2. The maximum absolute atomic E-state index is 13.2. The lowest BCUT2D eigenvalue weighted by molar-refractivity contribution is -0.138. The first kappa shape index (κ1) is 16.2. The molecule has 0 unspecified atom stereocenters. The molecule has 1 aromatic carbocycles. The van der Waals surface area contributed by atoms with Crippen LogP contribution >= 0.6 is 15.9 Å². The summed E-state index contributed by atoms with van der Waals surface area (Å²) >= 11 is 3.18. The van der Waals surface area contributed by atoms with Crippen molar-refractivity contribution in [1.29, 1.82) is 0 Å². The minimum atomic E-state index is -0.744. The summed E-state index contributed by atoms with van der Waals surface area (Å²) in [4.78, 5) is 22.8. The number of methoxy groups -OCH3 is 2. The van der Waals surface area contributed by atoms with E-state index in [2.05, 4.69) is 30.7 Å². The van der Waals surface area contributed by atoms with Gasteiger partial charge in [0.25, 0.3) is 0 Å². The molecule has 0 radical (unpaired) electrons. The van der Waals surface area contributed by atoms with Crippen LogP contribution in [0.5, 0.6) is 0 Å². The Morgan fingerprint density at radius 1 is 1.30 bits per heavy atom. The molecule has 0 heterocycles. The molecule has 1 aromatic rings. The average molecular weight is 346 g/mol. The third kappa shape index (κ3) is 4.06. The highest BCUT2D eigenvalue weighted by Gasteiger charge is 2.16. The summed E-state index contributed by atoms with van der Waals surface area (Å²) in [5, 5.41) is 2.73. The monoisotopic (exact) mass is 345 g/mol. The van der Waals surface area contributed by atoms with Crippen LogP contribution in [0.3, 0.4) is 0 Å². The van der Waals surface area contributed by atoms with Crippen molar-refractivity contribution in [2.45, 2.75) is 6.92 Å². The number of aryl methyl sites for hydroxylation is 1. The van der Waals surface area contributed by atoms with Gasteiger partial charge in [-0.05, 0) is 40.5 Å². The van der Waals surface area contributed by atoms with Gasteiger partial charge in [0.2, 0.25) is 0 Å². The second kappa shape index (κ2) is 7.04. The van der Waals surface area contributed by atoms with E-state index in [0.717, 1.165) is 6.08 Å². The molecule has 0 aromatic heterocycles. The van der Waals surface area contributed by atoms with E-state index >= 15 is 0 Å². The second-order valence-electron chi connectivity index (χ2n) is 3.78. The molecule has 0 fully saturated rings. The first-order valence-corrected chi connectivity index (χ1v) is 6.29. The van der Waals surface area contributed by atoms with Gasteiger partial charge >= 0.3 is 11.9 Å². The van der Waals surface area contributed by atoms with Crippen LogP contribution < -0.4 is 5.32 Å². The zero-order valence-electron chi connectivity index (χ0n) is 11.1. The van der Waals surface area contributed by atoms with Crippen molar-refractivity contribution < 1.29 is 23.5 Å². The molecule has 0 aliphatic rings. The van der Waals surface area contributed by atoms with Crippen molar-refractivity contribution >= 4 is 33.6 Å². The number of benzene rings is 1. The number of hydrogen-bond donors (Lipinski definition) is 1. The fourth-order valence-electron chi connectivity index (χ4n) is 1.43. The number of rotatable bonds is 4.